The summed E-state index contributed by atoms with van der Waals surface area (Å²) in [7, 11) is 0. The van der Waals surface area contributed by atoms with Gasteiger partial charge in [-0.2, -0.15) is 0 Å². The van der Waals surface area contributed by atoms with Crippen molar-refractivity contribution in [1.82, 2.24) is 15.1 Å². The minimum Gasteiger partial charge on any atom is -0.478 e. The smallest absolute Gasteiger partial charge is 0.277 e. The first kappa shape index (κ1) is 21.9. The van der Waals surface area contributed by atoms with Gasteiger partial charge in [-0.05, 0) is 43.7 Å². The topological polar surface area (TPSA) is 86.9 Å². The Labute approximate surface area is 188 Å². The highest BCUT2D eigenvalue weighted by Gasteiger charge is 2.20. The molecule has 0 fully saturated rings. The van der Waals surface area contributed by atoms with Crippen LogP contribution < -0.4 is 14.2 Å². The molecule has 2 aromatic carbocycles. The Morgan fingerprint density at radius 2 is 2.03 bits per heavy atom. The number of carbonyl (C=O) groups excluding carboxylic acids is 1. The normalized spacial score (nSPS) is 13.1. The van der Waals surface area contributed by atoms with Crippen LogP contribution in [0.1, 0.15) is 31.4 Å². The molecular weight excluding hydrogens is 437 g/mol. The largest absolute Gasteiger partial charge is 0.478 e. The second-order valence-corrected chi connectivity index (χ2v) is 7.91. The predicted molar refractivity (Wildman–Crippen MR) is 114 cm³/mol. The maximum absolute atomic E-state index is 13.8. The molecule has 32 heavy (non-hydrogen) atoms. The molecule has 1 aromatic heterocycles. The van der Waals surface area contributed by atoms with Gasteiger partial charge in [-0.15, -0.1) is 10.2 Å². The third kappa shape index (κ3) is 5.13. The summed E-state index contributed by atoms with van der Waals surface area (Å²) in [5, 5.41) is 8.15. The quantitative estimate of drug-likeness (QED) is 0.440. The minimum atomic E-state index is -0.636. The lowest BCUT2D eigenvalue weighted by Crippen LogP contribution is -2.31. The lowest BCUT2D eigenvalue weighted by molar-refractivity contribution is -0.128. The van der Waals surface area contributed by atoms with Gasteiger partial charge < -0.3 is 23.5 Å². The summed E-state index contributed by atoms with van der Waals surface area (Å²) in [5.74, 6) is 1.31. The zero-order valence-electron chi connectivity index (χ0n) is 17.6. The molecule has 1 aliphatic heterocycles. The molecule has 0 radical (unpaired) electrons. The fraction of sp³-hybridized carbons (Fsp3) is 0.318. The Morgan fingerprint density at radius 1 is 1.22 bits per heavy atom. The molecule has 2 heterocycles. The summed E-state index contributed by atoms with van der Waals surface area (Å²) in [5.41, 5.74) is 0.952. The van der Waals surface area contributed by atoms with Crippen LogP contribution in [0.15, 0.2) is 52.1 Å². The molecule has 168 valence electrons. The standard InChI is InChI=1S/C22H22FN3O5S/c1-3-26(11-15-8-9-18-19(10-15)29-13-28-18)20(27)12-32-22-25-24-21(31-22)14(2)30-17-7-5-4-6-16(17)23/h4-10,14H,3,11-13H2,1-2H3. The fourth-order valence-corrected chi connectivity index (χ4v) is 3.75. The van der Waals surface area contributed by atoms with Gasteiger partial charge in [0.05, 0.1) is 5.75 Å². The average Bonchev–Trinajstić information content (AvgIpc) is 3.46. The van der Waals surface area contributed by atoms with Crippen LogP contribution in [0.3, 0.4) is 0 Å². The molecule has 0 saturated heterocycles. The number of amides is 1. The van der Waals surface area contributed by atoms with Crippen LogP contribution in [0.4, 0.5) is 4.39 Å². The summed E-state index contributed by atoms with van der Waals surface area (Å²) >= 11 is 1.14. The summed E-state index contributed by atoms with van der Waals surface area (Å²) in [6, 6.07) is 11.7. The minimum absolute atomic E-state index is 0.0643. The molecule has 1 aliphatic rings. The first-order valence-corrected chi connectivity index (χ1v) is 11.1. The molecule has 0 saturated carbocycles. The SMILES string of the molecule is CCN(Cc1ccc2c(c1)OCO2)C(=O)CSc1nnc(C(C)Oc2ccccc2F)o1. The number of hydrogen-bond acceptors (Lipinski definition) is 8. The van der Waals surface area contributed by atoms with Crippen LogP contribution in [0.5, 0.6) is 17.2 Å². The van der Waals surface area contributed by atoms with Gasteiger partial charge in [0.1, 0.15) is 0 Å². The number of ether oxygens (including phenoxy) is 3. The number of aromatic nitrogens is 2. The maximum Gasteiger partial charge on any atom is 0.277 e. The number of thioether (sulfide) groups is 1. The van der Waals surface area contributed by atoms with E-state index >= 15 is 0 Å². The molecular formula is C22H22FN3O5S. The van der Waals surface area contributed by atoms with Crippen LogP contribution in [-0.2, 0) is 11.3 Å². The lowest BCUT2D eigenvalue weighted by Gasteiger charge is -2.20. The van der Waals surface area contributed by atoms with E-state index in [1.807, 2.05) is 25.1 Å². The summed E-state index contributed by atoms with van der Waals surface area (Å²) in [4.78, 5) is 14.4. The number of nitrogens with zero attached hydrogens (tertiary/aromatic N) is 3. The van der Waals surface area contributed by atoms with E-state index in [1.165, 1.54) is 12.1 Å². The number of hydrogen-bond donors (Lipinski definition) is 0. The van der Waals surface area contributed by atoms with Crippen LogP contribution in [0.2, 0.25) is 0 Å². The van der Waals surface area contributed by atoms with Crippen molar-refractivity contribution in [2.24, 2.45) is 0 Å². The first-order valence-electron chi connectivity index (χ1n) is 10.1. The van der Waals surface area contributed by atoms with Gasteiger partial charge >= 0.3 is 0 Å². The summed E-state index contributed by atoms with van der Waals surface area (Å²) < 4.78 is 35.6. The third-order valence-electron chi connectivity index (χ3n) is 4.77. The van der Waals surface area contributed by atoms with Crippen molar-refractivity contribution in [2.45, 2.75) is 31.7 Å². The molecule has 0 spiro atoms. The van der Waals surface area contributed by atoms with Gasteiger partial charge in [-0.25, -0.2) is 4.39 Å². The Morgan fingerprint density at radius 3 is 2.84 bits per heavy atom. The predicted octanol–water partition coefficient (Wildman–Crippen LogP) is 4.22. The molecule has 3 aromatic rings. The lowest BCUT2D eigenvalue weighted by atomic mass is 10.2. The van der Waals surface area contributed by atoms with Gasteiger partial charge in [0.25, 0.3) is 11.1 Å². The van der Waals surface area contributed by atoms with E-state index in [9.17, 15) is 9.18 Å². The van der Waals surface area contributed by atoms with E-state index < -0.39 is 11.9 Å². The molecule has 0 bridgehead atoms. The van der Waals surface area contributed by atoms with E-state index in [1.54, 1.807) is 24.0 Å². The molecule has 0 N–H and O–H groups in total. The number of fused-ring (bicyclic) bond motifs is 1. The molecule has 0 aliphatic carbocycles. The Bertz CT molecular complexity index is 1090. The van der Waals surface area contributed by atoms with Crippen molar-refractivity contribution in [3.63, 3.8) is 0 Å². The first-order chi connectivity index (χ1) is 15.5. The van der Waals surface area contributed by atoms with E-state index in [0.717, 1.165) is 17.3 Å². The number of benzene rings is 2. The van der Waals surface area contributed by atoms with Crippen molar-refractivity contribution in [2.75, 3.05) is 19.1 Å². The van der Waals surface area contributed by atoms with E-state index in [2.05, 4.69) is 10.2 Å². The summed E-state index contributed by atoms with van der Waals surface area (Å²) in [6.45, 7) is 4.82. The second-order valence-electron chi connectivity index (χ2n) is 6.98. The highest BCUT2D eigenvalue weighted by molar-refractivity contribution is 7.99. The molecule has 4 rings (SSSR count). The summed E-state index contributed by atoms with van der Waals surface area (Å²) in [6.07, 6.45) is -0.636. The van der Waals surface area contributed by atoms with E-state index in [4.69, 9.17) is 18.6 Å². The number of rotatable bonds is 9. The molecule has 8 nitrogen and oxygen atoms in total. The molecule has 10 heteroatoms. The van der Waals surface area contributed by atoms with Gasteiger partial charge in [0.15, 0.2) is 29.2 Å². The van der Waals surface area contributed by atoms with Crippen molar-refractivity contribution in [1.29, 1.82) is 0 Å². The third-order valence-corrected chi connectivity index (χ3v) is 5.58. The van der Waals surface area contributed by atoms with Crippen molar-refractivity contribution in [3.05, 3.63) is 59.7 Å². The van der Waals surface area contributed by atoms with Crippen molar-refractivity contribution < 1.29 is 27.8 Å². The van der Waals surface area contributed by atoms with Crippen LogP contribution >= 0.6 is 11.8 Å². The average molecular weight is 459 g/mol. The molecule has 1 amide bonds. The van der Waals surface area contributed by atoms with Crippen LogP contribution in [-0.4, -0.2) is 40.1 Å². The van der Waals surface area contributed by atoms with E-state index in [0.29, 0.717) is 24.6 Å². The Balaban J connectivity index is 1.31. The maximum atomic E-state index is 13.8. The fourth-order valence-electron chi connectivity index (χ4n) is 3.07. The second kappa shape index (κ2) is 9.90. The van der Waals surface area contributed by atoms with Crippen molar-refractivity contribution in [3.8, 4) is 17.2 Å². The van der Waals surface area contributed by atoms with Gasteiger partial charge in [0, 0.05) is 13.1 Å². The Kier molecular flexibility index (Phi) is 6.79. The highest BCUT2D eigenvalue weighted by Crippen LogP contribution is 2.33. The molecule has 1 atom stereocenters. The van der Waals surface area contributed by atoms with Crippen LogP contribution in [0.25, 0.3) is 0 Å². The number of para-hydroxylation sites is 1. The number of halogens is 1. The van der Waals surface area contributed by atoms with E-state index in [-0.39, 0.29) is 35.3 Å². The number of carbonyl (C=O) groups is 1. The van der Waals surface area contributed by atoms with Gasteiger partial charge in [-0.1, -0.05) is 30.0 Å². The zero-order valence-corrected chi connectivity index (χ0v) is 18.4. The van der Waals surface area contributed by atoms with Gasteiger partial charge in [0.2, 0.25) is 12.7 Å². The van der Waals surface area contributed by atoms with Crippen LogP contribution in [0, 0.1) is 5.82 Å². The highest BCUT2D eigenvalue weighted by atomic mass is 32.2. The Hall–Kier alpha value is -3.27. The van der Waals surface area contributed by atoms with Gasteiger partial charge in [-0.3, -0.25) is 4.79 Å². The monoisotopic (exact) mass is 459 g/mol. The zero-order chi connectivity index (χ0) is 22.5. The molecule has 1 unspecified atom stereocenters. The van der Waals surface area contributed by atoms with Crippen molar-refractivity contribution >= 4 is 17.7 Å².